The second-order valence-corrected chi connectivity index (χ2v) is 6.81. The molecule has 5 heteroatoms. The molecule has 0 aromatic heterocycles. The minimum absolute atomic E-state index is 0.0101. The van der Waals surface area contributed by atoms with Crippen LogP contribution in [0.5, 0.6) is 0 Å². The zero-order valence-corrected chi connectivity index (χ0v) is 10.2. The molecule has 4 nitrogen and oxygen atoms in total. The third-order valence-electron chi connectivity index (χ3n) is 3.30. The van der Waals surface area contributed by atoms with Crippen LogP contribution in [0.15, 0.2) is 0 Å². The van der Waals surface area contributed by atoms with Crippen molar-refractivity contribution >= 4 is 13.4 Å². The van der Waals surface area contributed by atoms with Crippen molar-refractivity contribution in [2.24, 2.45) is 11.3 Å². The van der Waals surface area contributed by atoms with Gasteiger partial charge in [0.15, 0.2) is 0 Å². The Morgan fingerprint density at radius 2 is 2.07 bits per heavy atom. The molecule has 0 radical (unpaired) electrons. The van der Waals surface area contributed by atoms with Gasteiger partial charge in [0, 0.05) is 12.3 Å². The topological polar surface area (TPSA) is 74.6 Å². The van der Waals surface area contributed by atoms with Gasteiger partial charge in [0.1, 0.15) is 5.78 Å². The summed E-state index contributed by atoms with van der Waals surface area (Å²) in [5.41, 5.74) is -0.283. The predicted molar refractivity (Wildman–Crippen MR) is 57.7 cm³/mol. The van der Waals surface area contributed by atoms with Crippen LogP contribution in [-0.4, -0.2) is 21.7 Å². The zero-order valence-electron chi connectivity index (χ0n) is 9.27. The summed E-state index contributed by atoms with van der Waals surface area (Å²) in [6, 6.07) is 0. The maximum Gasteiger partial charge on any atom is 0.325 e. The predicted octanol–water partition coefficient (Wildman–Crippen LogP) is 1.95. The van der Waals surface area contributed by atoms with E-state index < -0.39 is 7.60 Å². The first-order chi connectivity index (χ1) is 6.72. The molecule has 0 aromatic rings. The molecule has 0 aliphatic heterocycles. The Morgan fingerprint density at radius 3 is 2.47 bits per heavy atom. The molecule has 1 unspecified atom stereocenters. The van der Waals surface area contributed by atoms with Gasteiger partial charge in [-0.2, -0.15) is 0 Å². The normalized spacial score (nSPS) is 23.5. The molecular formula is C10H19O4P. The molecule has 15 heavy (non-hydrogen) atoms. The van der Waals surface area contributed by atoms with Crippen LogP contribution in [0.4, 0.5) is 0 Å². The van der Waals surface area contributed by atoms with Gasteiger partial charge in [-0.15, -0.1) is 0 Å². The van der Waals surface area contributed by atoms with Crippen LogP contribution >= 0.6 is 7.60 Å². The van der Waals surface area contributed by atoms with Crippen LogP contribution in [0.25, 0.3) is 0 Å². The third-order valence-corrected chi connectivity index (χ3v) is 4.10. The van der Waals surface area contributed by atoms with E-state index in [0.717, 1.165) is 12.8 Å². The lowest BCUT2D eigenvalue weighted by atomic mass is 9.75. The quantitative estimate of drug-likeness (QED) is 0.729. The molecule has 88 valence electrons. The fourth-order valence-electron chi connectivity index (χ4n) is 2.25. The standard InChI is InChI=1S/C10H19O4P/c1-10(2,6-7-15(12,13)14)8-4-3-5-9(8)11/h8H,3-7H2,1-2H3,(H2,12,13,14). The second-order valence-electron chi connectivity index (χ2n) is 5.04. The molecule has 0 bridgehead atoms. The molecule has 1 atom stereocenters. The Hall–Kier alpha value is -0.180. The smallest absolute Gasteiger partial charge is 0.324 e. The summed E-state index contributed by atoms with van der Waals surface area (Å²) >= 11 is 0. The average Bonchev–Trinajstić information content (AvgIpc) is 2.47. The Kier molecular flexibility index (Phi) is 3.75. The fraction of sp³-hybridized carbons (Fsp3) is 0.900. The van der Waals surface area contributed by atoms with E-state index in [-0.39, 0.29) is 23.3 Å². The van der Waals surface area contributed by atoms with Gasteiger partial charge in [0.2, 0.25) is 0 Å². The van der Waals surface area contributed by atoms with Gasteiger partial charge >= 0.3 is 7.60 Å². The van der Waals surface area contributed by atoms with Gasteiger partial charge in [-0.3, -0.25) is 9.36 Å². The van der Waals surface area contributed by atoms with Crippen LogP contribution in [0.3, 0.4) is 0 Å². The fourth-order valence-corrected chi connectivity index (χ4v) is 3.12. The molecule has 0 spiro atoms. The van der Waals surface area contributed by atoms with E-state index >= 15 is 0 Å². The molecule has 0 aromatic carbocycles. The zero-order chi connectivity index (χ0) is 11.7. The van der Waals surface area contributed by atoms with Crippen molar-refractivity contribution in [2.45, 2.75) is 39.5 Å². The average molecular weight is 234 g/mol. The van der Waals surface area contributed by atoms with E-state index in [4.69, 9.17) is 9.79 Å². The van der Waals surface area contributed by atoms with Crippen molar-refractivity contribution in [1.82, 2.24) is 0 Å². The molecule has 1 rings (SSSR count). The van der Waals surface area contributed by atoms with Crippen molar-refractivity contribution in [2.75, 3.05) is 6.16 Å². The summed E-state index contributed by atoms with van der Waals surface area (Å²) in [6.45, 7) is 3.85. The van der Waals surface area contributed by atoms with Crippen LogP contribution in [0.2, 0.25) is 0 Å². The lowest BCUT2D eigenvalue weighted by molar-refractivity contribution is -0.123. The molecule has 1 aliphatic rings. The molecule has 0 heterocycles. The maximum atomic E-state index is 11.6. The maximum absolute atomic E-state index is 11.6. The Labute approximate surface area is 90.2 Å². The number of hydrogen-bond donors (Lipinski definition) is 2. The first kappa shape index (κ1) is 12.9. The monoisotopic (exact) mass is 234 g/mol. The van der Waals surface area contributed by atoms with Crippen molar-refractivity contribution in [3.63, 3.8) is 0 Å². The van der Waals surface area contributed by atoms with E-state index in [2.05, 4.69) is 0 Å². The third kappa shape index (κ3) is 3.71. The highest BCUT2D eigenvalue weighted by Crippen LogP contribution is 2.44. The molecule has 2 N–H and O–H groups in total. The molecule has 0 amide bonds. The number of ketones is 1. The summed E-state index contributed by atoms with van der Waals surface area (Å²) in [6.07, 6.45) is 2.71. The number of carbonyl (C=O) groups is 1. The first-order valence-corrected chi connectivity index (χ1v) is 7.09. The van der Waals surface area contributed by atoms with Gasteiger partial charge in [-0.1, -0.05) is 13.8 Å². The lowest BCUT2D eigenvalue weighted by Gasteiger charge is -2.30. The molecule has 0 saturated heterocycles. The summed E-state index contributed by atoms with van der Waals surface area (Å²) in [4.78, 5) is 29.2. The Balaban J connectivity index is 2.58. The van der Waals surface area contributed by atoms with Gasteiger partial charge in [-0.25, -0.2) is 0 Å². The SMILES string of the molecule is CC(C)(CCP(=O)(O)O)C1CCCC1=O. The summed E-state index contributed by atoms with van der Waals surface area (Å²) in [7, 11) is -3.93. The minimum atomic E-state index is -3.93. The van der Waals surface area contributed by atoms with E-state index in [1.807, 2.05) is 13.8 Å². The van der Waals surface area contributed by atoms with E-state index in [9.17, 15) is 9.36 Å². The van der Waals surface area contributed by atoms with Crippen LogP contribution in [-0.2, 0) is 9.36 Å². The Morgan fingerprint density at radius 1 is 1.47 bits per heavy atom. The highest BCUT2D eigenvalue weighted by Gasteiger charge is 2.38. The van der Waals surface area contributed by atoms with Crippen molar-refractivity contribution in [3.8, 4) is 0 Å². The van der Waals surface area contributed by atoms with Crippen molar-refractivity contribution in [3.05, 3.63) is 0 Å². The van der Waals surface area contributed by atoms with Gasteiger partial charge in [0.25, 0.3) is 0 Å². The number of hydrogen-bond acceptors (Lipinski definition) is 2. The van der Waals surface area contributed by atoms with E-state index in [1.54, 1.807) is 0 Å². The number of Topliss-reactive ketones (excluding diaryl/α,β-unsaturated/α-hetero) is 1. The highest BCUT2D eigenvalue weighted by molar-refractivity contribution is 7.51. The van der Waals surface area contributed by atoms with Crippen molar-refractivity contribution in [1.29, 1.82) is 0 Å². The van der Waals surface area contributed by atoms with Crippen LogP contribution < -0.4 is 0 Å². The highest BCUT2D eigenvalue weighted by atomic mass is 31.2. The van der Waals surface area contributed by atoms with Crippen LogP contribution in [0, 0.1) is 11.3 Å². The lowest BCUT2D eigenvalue weighted by Crippen LogP contribution is -2.28. The molecule has 1 saturated carbocycles. The largest absolute Gasteiger partial charge is 0.325 e. The van der Waals surface area contributed by atoms with Crippen LogP contribution in [0.1, 0.15) is 39.5 Å². The van der Waals surface area contributed by atoms with Crippen molar-refractivity contribution < 1.29 is 19.1 Å². The van der Waals surface area contributed by atoms with E-state index in [1.165, 1.54) is 0 Å². The van der Waals surface area contributed by atoms with Gasteiger partial charge < -0.3 is 9.79 Å². The Bertz CT molecular complexity index is 292. The number of carbonyl (C=O) groups excluding carboxylic acids is 1. The summed E-state index contributed by atoms with van der Waals surface area (Å²) < 4.78 is 10.8. The molecule has 1 aliphatic carbocycles. The molecule has 1 fully saturated rings. The summed E-state index contributed by atoms with van der Waals surface area (Å²) in [5.74, 6) is 0.245. The minimum Gasteiger partial charge on any atom is -0.324 e. The first-order valence-electron chi connectivity index (χ1n) is 5.30. The van der Waals surface area contributed by atoms with E-state index in [0.29, 0.717) is 12.8 Å². The number of rotatable bonds is 4. The van der Waals surface area contributed by atoms with Gasteiger partial charge in [0.05, 0.1) is 6.16 Å². The summed E-state index contributed by atoms with van der Waals surface area (Å²) in [5, 5.41) is 0. The second kappa shape index (κ2) is 4.36. The van der Waals surface area contributed by atoms with Gasteiger partial charge in [-0.05, 0) is 24.7 Å². The molecular weight excluding hydrogens is 215 g/mol.